The van der Waals surface area contributed by atoms with Crippen LogP contribution in [0.25, 0.3) is 0 Å². The smallest absolute Gasteiger partial charge is 0.303 e. The van der Waals surface area contributed by atoms with Crippen molar-refractivity contribution in [2.75, 3.05) is 5.32 Å². The summed E-state index contributed by atoms with van der Waals surface area (Å²) in [5, 5.41) is 14.1. The minimum absolute atomic E-state index is 0.0257. The number of nitrogens with zero attached hydrogens (tertiary/aromatic N) is 3. The van der Waals surface area contributed by atoms with E-state index >= 15 is 0 Å². The Morgan fingerprint density at radius 3 is 2.95 bits per heavy atom. The van der Waals surface area contributed by atoms with Gasteiger partial charge in [-0.15, -0.1) is 10.2 Å². The van der Waals surface area contributed by atoms with Gasteiger partial charge in [-0.25, -0.2) is 0 Å². The molecule has 2 heterocycles. The molecule has 0 saturated heterocycles. The minimum atomic E-state index is -0.138. The average Bonchev–Trinajstić information content (AvgIpc) is 3.09. The predicted octanol–water partition coefficient (Wildman–Crippen LogP) is 1.98. The number of thiazole rings is 1. The molecule has 0 bridgehead atoms. The highest BCUT2D eigenvalue weighted by molar-refractivity contribution is 7.15. The van der Waals surface area contributed by atoms with E-state index in [0.717, 1.165) is 22.0 Å². The third-order valence-electron chi connectivity index (χ3n) is 3.15. The quantitative estimate of drug-likeness (QED) is 0.916. The first-order valence-corrected chi connectivity index (χ1v) is 8.11. The number of carbonyl (C=O) groups is 1. The average molecular weight is 310 g/mol. The molecule has 1 N–H and O–H groups in total. The molecule has 0 spiro atoms. The number of anilines is 1. The van der Waals surface area contributed by atoms with E-state index in [4.69, 9.17) is 0 Å². The molecular formula is C12H14N4O2S2. The molecule has 8 heteroatoms. The van der Waals surface area contributed by atoms with Crippen LogP contribution in [0.2, 0.25) is 0 Å². The molecule has 2 aromatic rings. The van der Waals surface area contributed by atoms with Gasteiger partial charge in [-0.1, -0.05) is 22.7 Å². The fraction of sp³-hybridized carbons (Fsp3) is 0.500. The van der Waals surface area contributed by atoms with Gasteiger partial charge in [0.1, 0.15) is 5.01 Å². The van der Waals surface area contributed by atoms with Gasteiger partial charge in [-0.2, -0.15) is 0 Å². The highest BCUT2D eigenvalue weighted by Gasteiger charge is 2.27. The summed E-state index contributed by atoms with van der Waals surface area (Å²) in [5.41, 5.74) is 0.889. The maximum absolute atomic E-state index is 11.8. The van der Waals surface area contributed by atoms with Gasteiger partial charge in [-0.3, -0.25) is 9.59 Å². The van der Waals surface area contributed by atoms with Crippen molar-refractivity contribution in [3.8, 4) is 0 Å². The maximum atomic E-state index is 11.8. The number of amides is 1. The first-order chi connectivity index (χ1) is 9.63. The normalized spacial score (nSPS) is 14.4. The summed E-state index contributed by atoms with van der Waals surface area (Å²) >= 11 is 2.60. The lowest BCUT2D eigenvalue weighted by atomic mass is 10.4. The molecule has 1 saturated carbocycles. The Hall–Kier alpha value is -1.54. The van der Waals surface area contributed by atoms with Crippen molar-refractivity contribution in [1.82, 2.24) is 14.8 Å². The number of hydrogen-bond acceptors (Lipinski definition) is 6. The zero-order valence-electron chi connectivity index (χ0n) is 11.0. The van der Waals surface area contributed by atoms with Crippen molar-refractivity contribution >= 4 is 33.7 Å². The Morgan fingerprint density at radius 1 is 1.50 bits per heavy atom. The van der Waals surface area contributed by atoms with E-state index < -0.39 is 0 Å². The Morgan fingerprint density at radius 2 is 2.30 bits per heavy atom. The van der Waals surface area contributed by atoms with E-state index in [2.05, 4.69) is 15.5 Å². The minimum Gasteiger partial charge on any atom is -0.303 e. The Bertz CT molecular complexity index is 684. The number of carbonyl (C=O) groups excluding carboxylic acids is 1. The van der Waals surface area contributed by atoms with Gasteiger partial charge in [0.2, 0.25) is 11.0 Å². The van der Waals surface area contributed by atoms with Crippen LogP contribution in [0.5, 0.6) is 0 Å². The van der Waals surface area contributed by atoms with Gasteiger partial charge in [0.15, 0.2) is 0 Å². The molecule has 3 rings (SSSR count). The molecular weight excluding hydrogens is 296 g/mol. The first kappa shape index (κ1) is 13.4. The molecule has 0 aliphatic heterocycles. The SMILES string of the molecule is Cc1csc(=O)n1CCC(=O)Nc1nnc(C2CC2)s1. The van der Waals surface area contributed by atoms with Crippen molar-refractivity contribution < 1.29 is 4.79 Å². The lowest BCUT2D eigenvalue weighted by Crippen LogP contribution is -2.20. The highest BCUT2D eigenvalue weighted by Crippen LogP contribution is 2.41. The second-order valence-electron chi connectivity index (χ2n) is 4.81. The molecule has 0 radical (unpaired) electrons. The Labute approximate surface area is 123 Å². The topological polar surface area (TPSA) is 76.9 Å². The number of nitrogens with one attached hydrogen (secondary N) is 1. The molecule has 2 aromatic heterocycles. The van der Waals surface area contributed by atoms with Crippen LogP contribution in [-0.2, 0) is 11.3 Å². The summed E-state index contributed by atoms with van der Waals surface area (Å²) < 4.78 is 1.61. The Kier molecular flexibility index (Phi) is 3.66. The fourth-order valence-electron chi connectivity index (χ4n) is 1.85. The van der Waals surface area contributed by atoms with Crippen LogP contribution >= 0.6 is 22.7 Å². The summed E-state index contributed by atoms with van der Waals surface area (Å²) in [4.78, 5) is 23.3. The van der Waals surface area contributed by atoms with Crippen LogP contribution < -0.4 is 10.2 Å². The van der Waals surface area contributed by atoms with E-state index in [-0.39, 0.29) is 17.2 Å². The van der Waals surface area contributed by atoms with E-state index in [1.807, 2.05) is 6.92 Å². The van der Waals surface area contributed by atoms with Gasteiger partial charge < -0.3 is 9.88 Å². The van der Waals surface area contributed by atoms with Crippen molar-refractivity contribution in [2.45, 2.75) is 38.6 Å². The molecule has 1 aliphatic rings. The molecule has 6 nitrogen and oxygen atoms in total. The predicted molar refractivity (Wildman–Crippen MR) is 78.4 cm³/mol. The third kappa shape index (κ3) is 2.96. The number of aryl methyl sites for hydroxylation is 1. The molecule has 1 amide bonds. The zero-order chi connectivity index (χ0) is 14.1. The second-order valence-corrected chi connectivity index (χ2v) is 6.64. The molecule has 1 fully saturated rings. The van der Waals surface area contributed by atoms with E-state index in [1.165, 1.54) is 24.2 Å². The van der Waals surface area contributed by atoms with Gasteiger partial charge >= 0.3 is 4.87 Å². The van der Waals surface area contributed by atoms with Crippen LogP contribution in [0, 0.1) is 6.92 Å². The lowest BCUT2D eigenvalue weighted by Gasteiger charge is -2.03. The lowest BCUT2D eigenvalue weighted by molar-refractivity contribution is -0.116. The first-order valence-electron chi connectivity index (χ1n) is 6.41. The van der Waals surface area contributed by atoms with Crippen molar-refractivity contribution in [1.29, 1.82) is 0 Å². The summed E-state index contributed by atoms with van der Waals surface area (Å²) in [6, 6.07) is 0. The van der Waals surface area contributed by atoms with Crippen LogP contribution in [-0.4, -0.2) is 20.7 Å². The van der Waals surface area contributed by atoms with Crippen molar-refractivity contribution in [3.05, 3.63) is 25.7 Å². The number of hydrogen-bond donors (Lipinski definition) is 1. The standard InChI is InChI=1S/C12H14N4O2S2/c1-7-6-19-12(18)16(7)5-4-9(17)13-11-15-14-10(20-11)8-2-3-8/h6,8H,2-5H2,1H3,(H,13,15,17). The van der Waals surface area contributed by atoms with Crippen LogP contribution in [0.4, 0.5) is 5.13 Å². The molecule has 0 unspecified atom stereocenters. The van der Waals surface area contributed by atoms with Gasteiger partial charge in [0.25, 0.3) is 0 Å². The molecule has 0 atom stereocenters. The van der Waals surface area contributed by atoms with Gasteiger partial charge in [-0.05, 0) is 19.8 Å². The zero-order valence-corrected chi connectivity index (χ0v) is 12.6. The van der Waals surface area contributed by atoms with Crippen molar-refractivity contribution in [2.24, 2.45) is 0 Å². The highest BCUT2D eigenvalue weighted by atomic mass is 32.1. The largest absolute Gasteiger partial charge is 0.307 e. The van der Waals surface area contributed by atoms with Gasteiger partial charge in [0.05, 0.1) is 0 Å². The van der Waals surface area contributed by atoms with Crippen LogP contribution in [0.1, 0.15) is 35.9 Å². The monoisotopic (exact) mass is 310 g/mol. The third-order valence-corrected chi connectivity index (χ3v) is 5.03. The number of aromatic nitrogens is 3. The molecule has 0 aromatic carbocycles. The molecule has 106 valence electrons. The summed E-state index contributed by atoms with van der Waals surface area (Å²) in [7, 11) is 0. The van der Waals surface area contributed by atoms with E-state index in [0.29, 0.717) is 17.6 Å². The van der Waals surface area contributed by atoms with Crippen LogP contribution in [0.3, 0.4) is 0 Å². The van der Waals surface area contributed by atoms with Gasteiger partial charge in [0, 0.05) is 30.0 Å². The number of rotatable bonds is 5. The second kappa shape index (κ2) is 5.45. The maximum Gasteiger partial charge on any atom is 0.307 e. The fourth-order valence-corrected chi connectivity index (χ4v) is 3.54. The van der Waals surface area contributed by atoms with E-state index in [1.54, 1.807) is 9.95 Å². The van der Waals surface area contributed by atoms with Crippen LogP contribution in [0.15, 0.2) is 10.2 Å². The van der Waals surface area contributed by atoms with E-state index in [9.17, 15) is 9.59 Å². The molecule has 20 heavy (non-hydrogen) atoms. The van der Waals surface area contributed by atoms with Crippen molar-refractivity contribution in [3.63, 3.8) is 0 Å². The Balaban J connectivity index is 1.55. The summed E-state index contributed by atoms with van der Waals surface area (Å²) in [5.74, 6) is 0.409. The molecule has 1 aliphatic carbocycles. The summed E-state index contributed by atoms with van der Waals surface area (Å²) in [6.45, 7) is 2.26. The summed E-state index contributed by atoms with van der Waals surface area (Å²) in [6.07, 6.45) is 2.60.